The minimum atomic E-state index is -0.0465. The maximum Gasteiger partial charge on any atom is 0.317 e. The number of rotatable bonds is 4. The largest absolute Gasteiger partial charge is 0.383 e. The summed E-state index contributed by atoms with van der Waals surface area (Å²) in [4.78, 5) is 28.3. The molecule has 22 heavy (non-hydrogen) atoms. The molecular weight excluding hydrogens is 282 g/mol. The van der Waals surface area contributed by atoms with Gasteiger partial charge in [-0.1, -0.05) is 6.92 Å². The molecule has 0 radical (unpaired) electrons. The highest BCUT2D eigenvalue weighted by molar-refractivity contribution is 5.80. The van der Waals surface area contributed by atoms with Crippen LogP contribution in [-0.4, -0.2) is 68.2 Å². The summed E-state index contributed by atoms with van der Waals surface area (Å²) in [6.45, 7) is 6.44. The Hall–Kier alpha value is -1.30. The smallest absolute Gasteiger partial charge is 0.317 e. The first-order valence-electron chi connectivity index (χ1n) is 8.42. The van der Waals surface area contributed by atoms with E-state index in [0.29, 0.717) is 32.1 Å². The van der Waals surface area contributed by atoms with Gasteiger partial charge in [-0.05, 0) is 31.6 Å². The Morgan fingerprint density at radius 2 is 1.64 bits per heavy atom. The van der Waals surface area contributed by atoms with Gasteiger partial charge in [0.25, 0.3) is 0 Å². The van der Waals surface area contributed by atoms with Crippen molar-refractivity contribution in [3.05, 3.63) is 0 Å². The minimum Gasteiger partial charge on any atom is -0.383 e. The molecule has 2 aliphatic heterocycles. The Kier molecular flexibility index (Phi) is 6.49. The van der Waals surface area contributed by atoms with Crippen LogP contribution in [-0.2, 0) is 9.53 Å². The first-order valence-corrected chi connectivity index (χ1v) is 8.42. The molecule has 0 bridgehead atoms. The molecular formula is C16H29N3O3. The van der Waals surface area contributed by atoms with Gasteiger partial charge in [0.15, 0.2) is 0 Å². The van der Waals surface area contributed by atoms with Crippen LogP contribution >= 0.6 is 0 Å². The second kappa shape index (κ2) is 8.36. The van der Waals surface area contributed by atoms with Crippen LogP contribution in [0, 0.1) is 11.8 Å². The maximum absolute atomic E-state index is 12.5. The fourth-order valence-corrected chi connectivity index (χ4v) is 3.19. The first-order chi connectivity index (χ1) is 10.6. The zero-order valence-corrected chi connectivity index (χ0v) is 13.8. The number of methoxy groups -OCH3 is 1. The van der Waals surface area contributed by atoms with Crippen LogP contribution in [0.2, 0.25) is 0 Å². The first kappa shape index (κ1) is 17.1. The number of amides is 3. The van der Waals surface area contributed by atoms with Crippen LogP contribution in [0.3, 0.4) is 0 Å². The molecule has 126 valence electrons. The molecule has 0 aromatic carbocycles. The lowest BCUT2D eigenvalue weighted by atomic mass is 9.93. The highest BCUT2D eigenvalue weighted by atomic mass is 16.5. The molecule has 2 saturated heterocycles. The quantitative estimate of drug-likeness (QED) is 0.796. The monoisotopic (exact) mass is 311 g/mol. The number of hydrogen-bond acceptors (Lipinski definition) is 3. The van der Waals surface area contributed by atoms with Gasteiger partial charge in [-0.15, -0.1) is 0 Å². The molecule has 0 aliphatic carbocycles. The molecule has 1 N–H and O–H groups in total. The lowest BCUT2D eigenvalue weighted by molar-refractivity contribution is -0.138. The molecule has 2 heterocycles. The van der Waals surface area contributed by atoms with E-state index < -0.39 is 0 Å². The fourth-order valence-electron chi connectivity index (χ4n) is 3.19. The number of hydrogen-bond donors (Lipinski definition) is 1. The van der Waals surface area contributed by atoms with Crippen molar-refractivity contribution in [3.63, 3.8) is 0 Å². The van der Waals surface area contributed by atoms with Crippen molar-refractivity contribution in [1.29, 1.82) is 0 Å². The lowest BCUT2D eigenvalue weighted by Crippen LogP contribution is -2.49. The molecule has 0 saturated carbocycles. The van der Waals surface area contributed by atoms with Crippen LogP contribution in [0.4, 0.5) is 4.79 Å². The SMILES string of the molecule is COCCNC(=O)N1CCC(C(=O)N2CCC(C)CC2)CC1. The van der Waals surface area contributed by atoms with Crippen molar-refractivity contribution in [3.8, 4) is 0 Å². The van der Waals surface area contributed by atoms with E-state index in [2.05, 4.69) is 12.2 Å². The Morgan fingerprint density at radius 3 is 2.23 bits per heavy atom. The molecule has 2 fully saturated rings. The summed E-state index contributed by atoms with van der Waals surface area (Å²) in [6.07, 6.45) is 3.80. The van der Waals surface area contributed by atoms with Crippen molar-refractivity contribution in [2.24, 2.45) is 11.8 Å². The van der Waals surface area contributed by atoms with Crippen LogP contribution < -0.4 is 5.32 Å². The van der Waals surface area contributed by atoms with Gasteiger partial charge < -0.3 is 19.9 Å². The Labute approximate surface area is 133 Å². The number of piperidine rings is 2. The van der Waals surface area contributed by atoms with Gasteiger partial charge >= 0.3 is 6.03 Å². The number of ether oxygens (including phenoxy) is 1. The van der Waals surface area contributed by atoms with Gasteiger partial charge in [-0.3, -0.25) is 4.79 Å². The van der Waals surface area contributed by atoms with E-state index in [9.17, 15) is 9.59 Å². The summed E-state index contributed by atoms with van der Waals surface area (Å²) in [6, 6.07) is -0.0465. The van der Waals surface area contributed by atoms with Crippen molar-refractivity contribution < 1.29 is 14.3 Å². The number of urea groups is 1. The van der Waals surface area contributed by atoms with Crippen molar-refractivity contribution in [2.45, 2.75) is 32.6 Å². The number of likely N-dealkylation sites (tertiary alicyclic amines) is 2. The highest BCUT2D eigenvalue weighted by Gasteiger charge is 2.31. The Bertz CT molecular complexity index is 373. The fraction of sp³-hybridized carbons (Fsp3) is 0.875. The second-order valence-electron chi connectivity index (χ2n) is 6.49. The molecule has 6 nitrogen and oxygen atoms in total. The maximum atomic E-state index is 12.5. The van der Waals surface area contributed by atoms with E-state index in [0.717, 1.165) is 44.7 Å². The molecule has 3 amide bonds. The number of nitrogens with one attached hydrogen (secondary N) is 1. The Balaban J connectivity index is 1.72. The normalized spacial score (nSPS) is 21.0. The van der Waals surface area contributed by atoms with Gasteiger partial charge in [0, 0.05) is 45.8 Å². The number of carbonyl (C=O) groups is 2. The molecule has 0 aromatic rings. The highest BCUT2D eigenvalue weighted by Crippen LogP contribution is 2.23. The predicted octanol–water partition coefficient (Wildman–Crippen LogP) is 1.31. The average molecular weight is 311 g/mol. The summed E-state index contributed by atoms with van der Waals surface area (Å²) in [5.41, 5.74) is 0. The third-order valence-corrected chi connectivity index (χ3v) is 4.81. The minimum absolute atomic E-state index is 0.0465. The van der Waals surface area contributed by atoms with Crippen molar-refractivity contribution in [1.82, 2.24) is 15.1 Å². The summed E-state index contributed by atoms with van der Waals surface area (Å²) in [7, 11) is 1.62. The van der Waals surface area contributed by atoms with E-state index in [4.69, 9.17) is 4.74 Å². The number of carbonyl (C=O) groups excluding carboxylic acids is 2. The van der Waals surface area contributed by atoms with Gasteiger partial charge in [0.1, 0.15) is 0 Å². The van der Waals surface area contributed by atoms with Crippen LogP contribution in [0.15, 0.2) is 0 Å². The van der Waals surface area contributed by atoms with Crippen LogP contribution in [0.25, 0.3) is 0 Å². The average Bonchev–Trinajstić information content (AvgIpc) is 2.55. The molecule has 6 heteroatoms. The van der Waals surface area contributed by atoms with Gasteiger partial charge in [0.05, 0.1) is 6.61 Å². The lowest BCUT2D eigenvalue weighted by Gasteiger charge is -2.36. The zero-order chi connectivity index (χ0) is 15.9. The predicted molar refractivity (Wildman–Crippen MR) is 84.5 cm³/mol. The summed E-state index contributed by atoms with van der Waals surface area (Å²) in [5.74, 6) is 1.13. The van der Waals surface area contributed by atoms with E-state index in [1.807, 2.05) is 4.90 Å². The molecule has 0 unspecified atom stereocenters. The summed E-state index contributed by atoms with van der Waals surface area (Å²) in [5, 5.41) is 2.83. The summed E-state index contributed by atoms with van der Waals surface area (Å²) >= 11 is 0. The van der Waals surface area contributed by atoms with E-state index in [1.165, 1.54) is 0 Å². The second-order valence-corrected chi connectivity index (χ2v) is 6.49. The van der Waals surface area contributed by atoms with Crippen LogP contribution in [0.5, 0.6) is 0 Å². The van der Waals surface area contributed by atoms with Gasteiger partial charge in [0.2, 0.25) is 5.91 Å². The molecule has 0 spiro atoms. The third-order valence-electron chi connectivity index (χ3n) is 4.81. The summed E-state index contributed by atoms with van der Waals surface area (Å²) < 4.78 is 4.92. The third kappa shape index (κ3) is 4.60. The standard InChI is InChI=1S/C16H29N3O3/c1-13-3-8-18(9-4-13)15(20)14-5-10-19(11-6-14)16(21)17-7-12-22-2/h13-14H,3-12H2,1-2H3,(H,17,21). The molecule has 2 aliphatic rings. The van der Waals surface area contributed by atoms with Crippen LogP contribution in [0.1, 0.15) is 32.6 Å². The van der Waals surface area contributed by atoms with Gasteiger partial charge in [-0.25, -0.2) is 4.79 Å². The zero-order valence-electron chi connectivity index (χ0n) is 13.8. The van der Waals surface area contributed by atoms with Gasteiger partial charge in [-0.2, -0.15) is 0 Å². The molecule has 2 rings (SSSR count). The van der Waals surface area contributed by atoms with Crippen molar-refractivity contribution >= 4 is 11.9 Å². The van der Waals surface area contributed by atoms with E-state index in [1.54, 1.807) is 12.0 Å². The molecule has 0 aromatic heterocycles. The van der Waals surface area contributed by atoms with E-state index in [-0.39, 0.29) is 11.9 Å². The van der Waals surface area contributed by atoms with Crippen molar-refractivity contribution in [2.75, 3.05) is 46.4 Å². The Morgan fingerprint density at radius 1 is 1.05 bits per heavy atom. The van der Waals surface area contributed by atoms with E-state index >= 15 is 0 Å². The number of nitrogens with zero attached hydrogens (tertiary/aromatic N) is 2. The molecule has 0 atom stereocenters. The topological polar surface area (TPSA) is 61.9 Å².